The van der Waals surface area contributed by atoms with Crippen LogP contribution in [0.2, 0.25) is 0 Å². The van der Waals surface area contributed by atoms with E-state index in [1.54, 1.807) is 12.1 Å². The molecule has 10 nitrogen and oxygen atoms in total. The zero-order chi connectivity index (χ0) is 26.8. The second kappa shape index (κ2) is 12.8. The molecule has 0 bridgehead atoms. The molecule has 0 unspecified atom stereocenters. The van der Waals surface area contributed by atoms with Crippen molar-refractivity contribution >= 4 is 11.8 Å². The SMILES string of the molecule is [N-]=[N+]=NCc1ccccc1C[C@]1(C(=O)NCC2(O)CCCCC2)COC(c2ccc(OCCCO)cc2)=N1. The van der Waals surface area contributed by atoms with E-state index in [0.717, 1.165) is 30.4 Å². The van der Waals surface area contributed by atoms with Gasteiger partial charge in [0.2, 0.25) is 5.90 Å². The minimum atomic E-state index is -1.25. The van der Waals surface area contributed by atoms with Gasteiger partial charge in [-0.1, -0.05) is 48.6 Å². The summed E-state index contributed by atoms with van der Waals surface area (Å²) in [6.45, 7) is 0.851. The molecule has 202 valence electrons. The highest BCUT2D eigenvalue weighted by Gasteiger charge is 2.45. The molecule has 3 N–H and O–H groups in total. The molecule has 0 spiro atoms. The molecule has 1 saturated carbocycles. The van der Waals surface area contributed by atoms with Crippen molar-refractivity contribution in [3.05, 3.63) is 75.7 Å². The van der Waals surface area contributed by atoms with Crippen molar-refractivity contribution in [1.29, 1.82) is 0 Å². The number of hydrogen-bond donors (Lipinski definition) is 3. The number of ether oxygens (including phenoxy) is 2. The van der Waals surface area contributed by atoms with Gasteiger partial charge >= 0.3 is 0 Å². The van der Waals surface area contributed by atoms with Gasteiger partial charge in [-0.2, -0.15) is 0 Å². The van der Waals surface area contributed by atoms with Crippen molar-refractivity contribution in [3.63, 3.8) is 0 Å². The molecule has 1 amide bonds. The van der Waals surface area contributed by atoms with Crippen molar-refractivity contribution in [1.82, 2.24) is 5.32 Å². The van der Waals surface area contributed by atoms with Gasteiger partial charge in [-0.15, -0.1) is 0 Å². The standard InChI is InChI=1S/C28H35N5O5/c29-33-31-18-23-8-3-2-7-22(23)17-28(26(35)30-19-27(36)13-4-1-5-14-27)20-38-25(32-28)21-9-11-24(12-10-21)37-16-6-15-34/h2-3,7-12,34,36H,1,4-6,13-20H2,(H,30,35)/t28-/m1/s1. The number of aliphatic hydroxyl groups excluding tert-OH is 1. The molecule has 0 radical (unpaired) electrons. The third-order valence-electron chi connectivity index (χ3n) is 7.13. The molecule has 2 aliphatic rings. The Morgan fingerprint density at radius 2 is 1.87 bits per heavy atom. The fourth-order valence-corrected chi connectivity index (χ4v) is 4.93. The van der Waals surface area contributed by atoms with Crippen molar-refractivity contribution < 1.29 is 24.5 Å². The van der Waals surface area contributed by atoms with E-state index in [1.807, 2.05) is 36.4 Å². The van der Waals surface area contributed by atoms with Gasteiger partial charge in [0.1, 0.15) is 12.4 Å². The van der Waals surface area contributed by atoms with Crippen LogP contribution in [0.25, 0.3) is 10.4 Å². The van der Waals surface area contributed by atoms with Gasteiger partial charge in [0.25, 0.3) is 5.91 Å². The Morgan fingerprint density at radius 3 is 2.58 bits per heavy atom. The zero-order valence-electron chi connectivity index (χ0n) is 21.5. The third-order valence-corrected chi connectivity index (χ3v) is 7.13. The van der Waals surface area contributed by atoms with Crippen LogP contribution in [-0.2, 0) is 22.5 Å². The molecular weight excluding hydrogens is 486 g/mol. The van der Waals surface area contributed by atoms with E-state index >= 15 is 0 Å². The quantitative estimate of drug-likeness (QED) is 0.168. The monoisotopic (exact) mass is 521 g/mol. The molecule has 1 aliphatic heterocycles. The fraction of sp³-hybridized carbons (Fsp3) is 0.500. The number of carbonyl (C=O) groups excluding carboxylic acids is 1. The number of carbonyl (C=O) groups is 1. The molecule has 1 fully saturated rings. The van der Waals surface area contributed by atoms with Gasteiger partial charge in [-0.25, -0.2) is 4.99 Å². The lowest BCUT2D eigenvalue weighted by Crippen LogP contribution is -2.53. The van der Waals surface area contributed by atoms with E-state index in [0.29, 0.717) is 43.1 Å². The molecule has 1 heterocycles. The number of rotatable bonds is 12. The summed E-state index contributed by atoms with van der Waals surface area (Å²) in [5.41, 5.74) is 9.02. The predicted octanol–water partition coefficient (Wildman–Crippen LogP) is 3.83. The molecular formula is C28H35N5O5. The summed E-state index contributed by atoms with van der Waals surface area (Å²) in [5.74, 6) is 0.706. The molecule has 1 atom stereocenters. The Kier molecular flexibility index (Phi) is 9.23. The van der Waals surface area contributed by atoms with Crippen molar-refractivity contribution in [2.24, 2.45) is 10.1 Å². The van der Waals surface area contributed by atoms with Crippen LogP contribution < -0.4 is 10.1 Å². The highest BCUT2D eigenvalue weighted by Crippen LogP contribution is 2.31. The maximum absolute atomic E-state index is 13.7. The van der Waals surface area contributed by atoms with Gasteiger partial charge in [-0.05, 0) is 53.8 Å². The maximum Gasteiger partial charge on any atom is 0.252 e. The Labute approximate surface area is 222 Å². The number of nitrogens with zero attached hydrogens (tertiary/aromatic N) is 4. The van der Waals surface area contributed by atoms with Crippen LogP contribution >= 0.6 is 0 Å². The molecule has 2 aromatic rings. The smallest absolute Gasteiger partial charge is 0.252 e. The van der Waals surface area contributed by atoms with E-state index < -0.39 is 11.1 Å². The van der Waals surface area contributed by atoms with Gasteiger partial charge in [0.05, 0.1) is 18.8 Å². The molecule has 10 heteroatoms. The zero-order valence-corrected chi connectivity index (χ0v) is 21.5. The topological polar surface area (TPSA) is 149 Å². The molecule has 1 aliphatic carbocycles. The van der Waals surface area contributed by atoms with Crippen LogP contribution in [0.5, 0.6) is 5.75 Å². The van der Waals surface area contributed by atoms with E-state index in [9.17, 15) is 9.90 Å². The number of aliphatic imine (C=N–C) groups is 1. The normalized spacial score (nSPS) is 20.1. The molecule has 4 rings (SSSR count). The highest BCUT2D eigenvalue weighted by atomic mass is 16.5. The van der Waals surface area contributed by atoms with Crippen LogP contribution in [0.1, 0.15) is 55.2 Å². The molecule has 2 aromatic carbocycles. The lowest BCUT2D eigenvalue weighted by Gasteiger charge is -2.33. The number of azide groups is 1. The Morgan fingerprint density at radius 1 is 1.13 bits per heavy atom. The van der Waals surface area contributed by atoms with Crippen LogP contribution in [0.3, 0.4) is 0 Å². The number of benzene rings is 2. The summed E-state index contributed by atoms with van der Waals surface area (Å²) in [5, 5.41) is 26.6. The number of nitrogens with one attached hydrogen (secondary N) is 1. The van der Waals surface area contributed by atoms with E-state index in [1.165, 1.54) is 0 Å². The van der Waals surface area contributed by atoms with Gasteiger partial charge in [-0.3, -0.25) is 4.79 Å². The van der Waals surface area contributed by atoms with E-state index in [4.69, 9.17) is 25.1 Å². The largest absolute Gasteiger partial charge is 0.494 e. The van der Waals surface area contributed by atoms with Gasteiger partial charge < -0.3 is 25.0 Å². The van der Waals surface area contributed by atoms with Gasteiger partial charge in [0.15, 0.2) is 5.54 Å². The van der Waals surface area contributed by atoms with E-state index in [-0.39, 0.29) is 38.6 Å². The highest BCUT2D eigenvalue weighted by molar-refractivity contribution is 6.00. The third kappa shape index (κ3) is 6.83. The average molecular weight is 522 g/mol. The molecule has 0 aromatic heterocycles. The Bertz CT molecular complexity index is 1170. The first kappa shape index (κ1) is 27.4. The summed E-state index contributed by atoms with van der Waals surface area (Å²) in [4.78, 5) is 21.4. The molecule has 0 saturated heterocycles. The second-order valence-electron chi connectivity index (χ2n) is 9.99. The summed E-state index contributed by atoms with van der Waals surface area (Å²) in [6, 6.07) is 14.7. The Hall–Kier alpha value is -3.59. The lowest BCUT2D eigenvalue weighted by molar-refractivity contribution is -0.128. The molecule has 38 heavy (non-hydrogen) atoms. The number of amides is 1. The lowest BCUT2D eigenvalue weighted by atomic mass is 9.84. The van der Waals surface area contributed by atoms with Crippen LogP contribution in [0, 0.1) is 0 Å². The first-order chi connectivity index (χ1) is 18.5. The minimum absolute atomic E-state index is 0.0389. The van der Waals surface area contributed by atoms with Gasteiger partial charge in [0, 0.05) is 36.5 Å². The van der Waals surface area contributed by atoms with Crippen LogP contribution in [0.15, 0.2) is 58.6 Å². The maximum atomic E-state index is 13.7. The van der Waals surface area contributed by atoms with Crippen LogP contribution in [-0.4, -0.2) is 59.5 Å². The first-order valence-electron chi connectivity index (χ1n) is 13.1. The van der Waals surface area contributed by atoms with Crippen molar-refractivity contribution in [2.75, 3.05) is 26.4 Å². The Balaban J connectivity index is 1.59. The second-order valence-corrected chi connectivity index (χ2v) is 9.99. The minimum Gasteiger partial charge on any atom is -0.494 e. The predicted molar refractivity (Wildman–Crippen MR) is 143 cm³/mol. The van der Waals surface area contributed by atoms with E-state index in [2.05, 4.69) is 15.3 Å². The number of aliphatic hydroxyl groups is 2. The summed E-state index contributed by atoms with van der Waals surface area (Å²) in [6.07, 6.45) is 5.09. The van der Waals surface area contributed by atoms with Crippen molar-refractivity contribution in [2.45, 2.75) is 62.6 Å². The average Bonchev–Trinajstić information content (AvgIpc) is 3.37. The first-order valence-corrected chi connectivity index (χ1v) is 13.1. The fourth-order valence-electron chi connectivity index (χ4n) is 4.93. The van der Waals surface area contributed by atoms with Crippen LogP contribution in [0.4, 0.5) is 0 Å². The number of hydrogen-bond acceptors (Lipinski definition) is 7. The summed E-state index contributed by atoms with van der Waals surface area (Å²) >= 11 is 0. The summed E-state index contributed by atoms with van der Waals surface area (Å²) in [7, 11) is 0. The summed E-state index contributed by atoms with van der Waals surface area (Å²) < 4.78 is 11.6. The van der Waals surface area contributed by atoms with Crippen molar-refractivity contribution in [3.8, 4) is 5.75 Å².